The molecule has 0 aliphatic heterocycles. The second-order valence-corrected chi connectivity index (χ2v) is 4.77. The minimum Gasteiger partial charge on any atom is -0.480 e. The van der Waals surface area contributed by atoms with Gasteiger partial charge in [-0.3, -0.25) is 14.9 Å². The van der Waals surface area contributed by atoms with E-state index in [-0.39, 0.29) is 18.1 Å². The van der Waals surface area contributed by atoms with Crippen LogP contribution in [0.3, 0.4) is 0 Å². The van der Waals surface area contributed by atoms with Gasteiger partial charge in [-0.15, -0.1) is 0 Å². The fraction of sp³-hybridized carbons (Fsp3) is 0.500. The molecule has 2 rings (SSSR count). The van der Waals surface area contributed by atoms with Gasteiger partial charge in [-0.05, 0) is 31.7 Å². The van der Waals surface area contributed by atoms with Crippen LogP contribution in [0.5, 0.6) is 0 Å². The second-order valence-electron chi connectivity index (χ2n) is 4.77. The fourth-order valence-electron chi connectivity index (χ4n) is 1.99. The number of nitro groups is 1. The highest BCUT2D eigenvalue weighted by Gasteiger charge is 2.30. The molecular formula is C12H15N3O4. The van der Waals surface area contributed by atoms with Gasteiger partial charge >= 0.3 is 11.7 Å². The number of aryl methyl sites for hydroxylation is 1. The number of pyridine rings is 1. The van der Waals surface area contributed by atoms with E-state index in [2.05, 4.69) is 4.98 Å². The smallest absolute Gasteiger partial charge is 0.323 e. The number of carboxylic acid groups (broad SMARTS) is 1. The lowest BCUT2D eigenvalue weighted by atomic mass is 10.2. The SMILES string of the molecule is Cc1ccnc(N(CC(=O)O)CC2CC2)c1[N+](=O)[O-]. The number of anilines is 1. The zero-order valence-corrected chi connectivity index (χ0v) is 10.6. The van der Waals surface area contributed by atoms with Gasteiger partial charge in [0.1, 0.15) is 6.54 Å². The summed E-state index contributed by atoms with van der Waals surface area (Å²) in [5.41, 5.74) is 0.380. The average Bonchev–Trinajstić information content (AvgIpc) is 3.10. The van der Waals surface area contributed by atoms with Crippen molar-refractivity contribution in [2.24, 2.45) is 5.92 Å². The summed E-state index contributed by atoms with van der Waals surface area (Å²) in [6.45, 7) is 1.86. The van der Waals surface area contributed by atoms with Gasteiger partial charge in [0.25, 0.3) is 0 Å². The van der Waals surface area contributed by atoms with E-state index >= 15 is 0 Å². The predicted molar refractivity (Wildman–Crippen MR) is 68.2 cm³/mol. The summed E-state index contributed by atoms with van der Waals surface area (Å²) in [6.07, 6.45) is 3.55. The van der Waals surface area contributed by atoms with Crippen LogP contribution in [0.25, 0.3) is 0 Å². The van der Waals surface area contributed by atoms with Crippen molar-refractivity contribution in [3.8, 4) is 0 Å². The maximum atomic E-state index is 11.1. The van der Waals surface area contributed by atoms with Crippen LogP contribution in [0.2, 0.25) is 0 Å². The Morgan fingerprint density at radius 1 is 1.63 bits per heavy atom. The van der Waals surface area contributed by atoms with E-state index in [1.807, 2.05) is 0 Å². The molecule has 1 saturated carbocycles. The topological polar surface area (TPSA) is 96.6 Å². The predicted octanol–water partition coefficient (Wildman–Crippen LogP) is 1.60. The molecule has 1 aromatic rings. The van der Waals surface area contributed by atoms with Crippen molar-refractivity contribution in [3.63, 3.8) is 0 Å². The lowest BCUT2D eigenvalue weighted by Crippen LogP contribution is -2.33. The zero-order valence-electron chi connectivity index (χ0n) is 10.6. The van der Waals surface area contributed by atoms with Crippen molar-refractivity contribution < 1.29 is 14.8 Å². The minimum absolute atomic E-state index is 0.107. The number of hydrogen-bond donors (Lipinski definition) is 1. The monoisotopic (exact) mass is 265 g/mol. The molecule has 0 bridgehead atoms. The Hall–Kier alpha value is -2.18. The Balaban J connectivity index is 2.36. The molecule has 0 saturated heterocycles. The highest BCUT2D eigenvalue weighted by molar-refractivity contribution is 5.75. The van der Waals surface area contributed by atoms with Crippen molar-refractivity contribution in [2.75, 3.05) is 18.0 Å². The van der Waals surface area contributed by atoms with E-state index in [1.165, 1.54) is 11.1 Å². The molecule has 1 aliphatic rings. The lowest BCUT2D eigenvalue weighted by Gasteiger charge is -2.21. The largest absolute Gasteiger partial charge is 0.480 e. The van der Waals surface area contributed by atoms with Gasteiger partial charge in [0.15, 0.2) is 0 Å². The standard InChI is InChI=1S/C12H15N3O4/c1-8-4-5-13-12(11(8)15(18)19)14(7-10(16)17)6-9-2-3-9/h4-5,9H,2-3,6-7H2,1H3,(H,16,17). The quantitative estimate of drug-likeness (QED) is 0.619. The Bertz CT molecular complexity index is 514. The van der Waals surface area contributed by atoms with Crippen LogP contribution in [0.15, 0.2) is 12.3 Å². The van der Waals surface area contributed by atoms with Gasteiger partial charge in [0.2, 0.25) is 5.82 Å². The van der Waals surface area contributed by atoms with Crippen molar-refractivity contribution >= 4 is 17.5 Å². The van der Waals surface area contributed by atoms with Gasteiger partial charge in [-0.2, -0.15) is 0 Å². The van der Waals surface area contributed by atoms with E-state index in [1.54, 1.807) is 13.0 Å². The Labute approximate surface area is 110 Å². The Morgan fingerprint density at radius 3 is 2.84 bits per heavy atom. The second kappa shape index (κ2) is 5.21. The number of carboxylic acids is 1. The summed E-state index contributed by atoms with van der Waals surface area (Å²) in [4.78, 5) is 27.0. The molecule has 0 atom stereocenters. The van der Waals surface area contributed by atoms with Crippen molar-refractivity contribution in [2.45, 2.75) is 19.8 Å². The van der Waals surface area contributed by atoms with Crippen molar-refractivity contribution in [1.29, 1.82) is 0 Å². The molecule has 1 N–H and O–H groups in total. The highest BCUT2D eigenvalue weighted by atomic mass is 16.6. The van der Waals surface area contributed by atoms with Crippen LogP contribution >= 0.6 is 0 Å². The number of aromatic nitrogens is 1. The first-order valence-electron chi connectivity index (χ1n) is 6.05. The molecule has 102 valence electrons. The summed E-state index contributed by atoms with van der Waals surface area (Å²) in [5.74, 6) is -0.446. The zero-order chi connectivity index (χ0) is 14.0. The third kappa shape index (κ3) is 3.18. The van der Waals surface area contributed by atoms with E-state index in [4.69, 9.17) is 5.11 Å². The lowest BCUT2D eigenvalue weighted by molar-refractivity contribution is -0.384. The first-order chi connectivity index (χ1) is 8.99. The molecule has 1 aliphatic carbocycles. The third-order valence-electron chi connectivity index (χ3n) is 3.09. The van der Waals surface area contributed by atoms with Crippen molar-refractivity contribution in [3.05, 3.63) is 27.9 Å². The number of hydrogen-bond acceptors (Lipinski definition) is 5. The molecule has 1 fully saturated rings. The summed E-state index contributed by atoms with van der Waals surface area (Å²) < 4.78 is 0. The van der Waals surface area contributed by atoms with E-state index in [0.29, 0.717) is 18.0 Å². The summed E-state index contributed by atoms with van der Waals surface area (Å²) in [5, 5.41) is 20.1. The number of carbonyl (C=O) groups is 1. The van der Waals surface area contributed by atoms with Crippen LogP contribution in [-0.2, 0) is 4.79 Å². The van der Waals surface area contributed by atoms with Gasteiger partial charge in [0, 0.05) is 18.3 Å². The fourth-order valence-corrected chi connectivity index (χ4v) is 1.99. The van der Waals surface area contributed by atoms with Gasteiger partial charge in [-0.1, -0.05) is 0 Å². The number of rotatable bonds is 6. The Morgan fingerprint density at radius 2 is 2.32 bits per heavy atom. The molecular weight excluding hydrogens is 250 g/mol. The molecule has 7 nitrogen and oxygen atoms in total. The number of nitrogens with zero attached hydrogens (tertiary/aromatic N) is 3. The molecule has 0 spiro atoms. The van der Waals surface area contributed by atoms with Crippen LogP contribution in [0, 0.1) is 23.0 Å². The highest BCUT2D eigenvalue weighted by Crippen LogP contribution is 2.34. The first-order valence-corrected chi connectivity index (χ1v) is 6.05. The Kier molecular flexibility index (Phi) is 3.64. The average molecular weight is 265 g/mol. The van der Waals surface area contributed by atoms with Crippen LogP contribution in [-0.4, -0.2) is 34.1 Å². The first kappa shape index (κ1) is 13.3. The van der Waals surface area contributed by atoms with E-state index in [0.717, 1.165) is 12.8 Å². The normalized spacial score (nSPS) is 14.2. The van der Waals surface area contributed by atoms with Gasteiger partial charge in [0.05, 0.1) is 4.92 Å². The van der Waals surface area contributed by atoms with Crippen LogP contribution in [0.1, 0.15) is 18.4 Å². The third-order valence-corrected chi connectivity index (χ3v) is 3.09. The summed E-state index contributed by atoms with van der Waals surface area (Å²) >= 11 is 0. The van der Waals surface area contributed by atoms with Crippen LogP contribution in [0.4, 0.5) is 11.5 Å². The maximum absolute atomic E-state index is 11.1. The molecule has 0 radical (unpaired) electrons. The molecule has 0 aromatic carbocycles. The van der Waals surface area contributed by atoms with Crippen LogP contribution < -0.4 is 4.90 Å². The number of aliphatic carboxylic acids is 1. The molecule has 0 amide bonds. The molecule has 7 heteroatoms. The molecule has 0 unspecified atom stereocenters. The van der Waals surface area contributed by atoms with E-state index < -0.39 is 10.9 Å². The summed E-state index contributed by atoms with van der Waals surface area (Å²) in [7, 11) is 0. The molecule has 1 aromatic heterocycles. The van der Waals surface area contributed by atoms with Gasteiger partial charge < -0.3 is 10.0 Å². The van der Waals surface area contributed by atoms with Gasteiger partial charge in [-0.25, -0.2) is 4.98 Å². The summed E-state index contributed by atoms with van der Waals surface area (Å²) in [6, 6.07) is 1.55. The minimum atomic E-state index is -1.02. The van der Waals surface area contributed by atoms with E-state index in [9.17, 15) is 14.9 Å². The van der Waals surface area contributed by atoms with Crippen molar-refractivity contribution in [1.82, 2.24) is 4.98 Å². The molecule has 19 heavy (non-hydrogen) atoms. The maximum Gasteiger partial charge on any atom is 0.323 e. The molecule has 1 heterocycles.